The van der Waals surface area contributed by atoms with Gasteiger partial charge in [0.05, 0.1) is 12.2 Å². The van der Waals surface area contributed by atoms with Crippen molar-refractivity contribution in [1.29, 1.82) is 0 Å². The second-order valence-electron chi connectivity index (χ2n) is 5.21. The van der Waals surface area contributed by atoms with Gasteiger partial charge in [0, 0.05) is 32.5 Å². The summed E-state index contributed by atoms with van der Waals surface area (Å²) in [5, 5.41) is 14.5. The van der Waals surface area contributed by atoms with Crippen LogP contribution in [0.1, 0.15) is 12.1 Å². The van der Waals surface area contributed by atoms with E-state index in [1.54, 1.807) is 24.5 Å². The molecular formula is C15H18N6O. The molecule has 7 nitrogen and oxygen atoms in total. The third-order valence-corrected chi connectivity index (χ3v) is 3.65. The van der Waals surface area contributed by atoms with Gasteiger partial charge < -0.3 is 5.32 Å². The zero-order valence-electron chi connectivity index (χ0n) is 12.4. The van der Waals surface area contributed by atoms with Crippen molar-refractivity contribution in [3.8, 4) is 0 Å². The van der Waals surface area contributed by atoms with Gasteiger partial charge in [0.25, 0.3) is 0 Å². The number of carbonyl (C=O) groups is 1. The summed E-state index contributed by atoms with van der Waals surface area (Å²) in [4.78, 5) is 14.1. The van der Waals surface area contributed by atoms with Crippen molar-refractivity contribution in [3.63, 3.8) is 0 Å². The maximum absolute atomic E-state index is 12.0. The van der Waals surface area contributed by atoms with Crippen LogP contribution in [0, 0.1) is 0 Å². The summed E-state index contributed by atoms with van der Waals surface area (Å²) < 4.78 is 1.88. The van der Waals surface area contributed by atoms with Crippen LogP contribution >= 0.6 is 0 Å². The van der Waals surface area contributed by atoms with E-state index in [0.717, 1.165) is 25.2 Å². The average molecular weight is 298 g/mol. The van der Waals surface area contributed by atoms with Gasteiger partial charge in [0.1, 0.15) is 0 Å². The molecule has 114 valence electrons. The lowest BCUT2D eigenvalue weighted by molar-refractivity contribution is -0.117. The summed E-state index contributed by atoms with van der Waals surface area (Å²) in [6.45, 7) is 1.96. The van der Waals surface area contributed by atoms with Crippen LogP contribution in [-0.2, 0) is 11.8 Å². The molecule has 0 spiro atoms. The lowest BCUT2D eigenvalue weighted by Crippen LogP contribution is -2.36. The van der Waals surface area contributed by atoms with E-state index in [1.165, 1.54) is 5.57 Å². The Bertz CT molecular complexity index is 678. The van der Waals surface area contributed by atoms with Gasteiger partial charge in [-0.05, 0) is 30.2 Å². The van der Waals surface area contributed by atoms with Crippen molar-refractivity contribution >= 4 is 17.3 Å². The summed E-state index contributed by atoms with van der Waals surface area (Å²) in [6, 6.07) is 5.48. The second kappa shape index (κ2) is 6.48. The van der Waals surface area contributed by atoms with Gasteiger partial charge in [-0.25, -0.2) is 0 Å². The lowest BCUT2D eigenvalue weighted by Gasteiger charge is -2.25. The Balaban J connectivity index is 1.54. The van der Waals surface area contributed by atoms with Gasteiger partial charge in [0.2, 0.25) is 5.91 Å². The number of carbonyl (C=O) groups excluding carboxylic acids is 1. The summed E-state index contributed by atoms with van der Waals surface area (Å²) >= 11 is 0. The van der Waals surface area contributed by atoms with E-state index in [2.05, 4.69) is 31.6 Å². The quantitative estimate of drug-likeness (QED) is 0.909. The highest BCUT2D eigenvalue weighted by Crippen LogP contribution is 2.21. The van der Waals surface area contributed by atoms with E-state index in [-0.39, 0.29) is 5.91 Å². The number of nitrogens with one attached hydrogen (secondary N) is 1. The Morgan fingerprint density at radius 3 is 2.91 bits per heavy atom. The molecule has 2 aromatic rings. The highest BCUT2D eigenvalue weighted by Gasteiger charge is 2.17. The molecule has 0 bridgehead atoms. The van der Waals surface area contributed by atoms with Crippen molar-refractivity contribution in [3.05, 3.63) is 42.4 Å². The van der Waals surface area contributed by atoms with Crippen molar-refractivity contribution < 1.29 is 4.79 Å². The summed E-state index contributed by atoms with van der Waals surface area (Å²) in [7, 11) is 1.94. The van der Waals surface area contributed by atoms with E-state index >= 15 is 0 Å². The van der Waals surface area contributed by atoms with Gasteiger partial charge in [-0.3, -0.25) is 14.4 Å². The van der Waals surface area contributed by atoms with Gasteiger partial charge in [-0.15, -0.1) is 5.10 Å². The number of aryl methyl sites for hydroxylation is 1. The van der Waals surface area contributed by atoms with Gasteiger partial charge in [-0.1, -0.05) is 6.08 Å². The molecule has 0 radical (unpaired) electrons. The maximum atomic E-state index is 12.0. The molecule has 1 N–H and O–H groups in total. The fourth-order valence-electron chi connectivity index (χ4n) is 2.53. The van der Waals surface area contributed by atoms with E-state index < -0.39 is 0 Å². The maximum Gasteiger partial charge on any atom is 0.239 e. The predicted molar refractivity (Wildman–Crippen MR) is 82.9 cm³/mol. The molecule has 3 heterocycles. The number of aromatic nitrogens is 4. The van der Waals surface area contributed by atoms with Crippen molar-refractivity contribution in [1.82, 2.24) is 24.9 Å². The molecule has 1 aliphatic heterocycles. The number of anilines is 1. The molecule has 22 heavy (non-hydrogen) atoms. The average Bonchev–Trinajstić information content (AvgIpc) is 2.95. The summed E-state index contributed by atoms with van der Waals surface area (Å²) in [5.41, 5.74) is 2.43. The molecule has 3 rings (SSSR count). The largest absolute Gasteiger partial charge is 0.308 e. The normalized spacial score (nSPS) is 15.4. The molecule has 0 unspecified atom stereocenters. The van der Waals surface area contributed by atoms with Crippen LogP contribution in [0.5, 0.6) is 0 Å². The minimum absolute atomic E-state index is 0.0714. The Labute approximate surface area is 128 Å². The molecule has 7 heteroatoms. The number of nitrogens with zero attached hydrogens (tertiary/aromatic N) is 5. The third-order valence-electron chi connectivity index (χ3n) is 3.65. The zero-order chi connectivity index (χ0) is 15.4. The number of rotatable bonds is 4. The van der Waals surface area contributed by atoms with E-state index in [9.17, 15) is 4.79 Å². The van der Waals surface area contributed by atoms with E-state index in [0.29, 0.717) is 12.4 Å². The van der Waals surface area contributed by atoms with Crippen LogP contribution in [0.15, 0.2) is 36.7 Å². The van der Waals surface area contributed by atoms with Crippen molar-refractivity contribution in [2.24, 2.45) is 7.05 Å². The zero-order valence-corrected chi connectivity index (χ0v) is 12.4. The van der Waals surface area contributed by atoms with Crippen LogP contribution in [-0.4, -0.2) is 50.4 Å². The van der Waals surface area contributed by atoms with Crippen LogP contribution in [0.4, 0.5) is 5.82 Å². The summed E-state index contributed by atoms with van der Waals surface area (Å²) in [5.74, 6) is 0.411. The minimum atomic E-state index is -0.0714. The van der Waals surface area contributed by atoms with Gasteiger partial charge >= 0.3 is 0 Å². The van der Waals surface area contributed by atoms with Crippen LogP contribution in [0.3, 0.4) is 0 Å². The lowest BCUT2D eigenvalue weighted by atomic mass is 10.0. The molecule has 0 saturated carbocycles. The first-order valence-electron chi connectivity index (χ1n) is 7.20. The standard InChI is InChI=1S/C15H18N6O/c1-20-13(4-8-17-20)12-5-9-21(10-6-12)11-15(22)18-14-3-2-7-16-19-14/h2-5,7-8H,6,9-11H2,1H3,(H,18,19,22). The van der Waals surface area contributed by atoms with Crippen molar-refractivity contribution in [2.75, 3.05) is 25.0 Å². The molecular weight excluding hydrogens is 280 g/mol. The molecule has 0 aliphatic carbocycles. The Kier molecular flexibility index (Phi) is 4.24. The topological polar surface area (TPSA) is 75.9 Å². The van der Waals surface area contributed by atoms with E-state index in [1.807, 2.05) is 17.8 Å². The first-order valence-corrected chi connectivity index (χ1v) is 7.20. The molecule has 0 fully saturated rings. The van der Waals surface area contributed by atoms with Crippen LogP contribution < -0.4 is 5.32 Å². The van der Waals surface area contributed by atoms with Gasteiger partial charge in [-0.2, -0.15) is 10.2 Å². The fourth-order valence-corrected chi connectivity index (χ4v) is 2.53. The summed E-state index contributed by atoms with van der Waals surface area (Å²) in [6.07, 6.45) is 6.45. The molecule has 0 saturated heterocycles. The third kappa shape index (κ3) is 3.37. The predicted octanol–water partition coefficient (Wildman–Crippen LogP) is 0.938. The smallest absolute Gasteiger partial charge is 0.239 e. The highest BCUT2D eigenvalue weighted by molar-refractivity contribution is 5.91. The van der Waals surface area contributed by atoms with Crippen LogP contribution in [0.25, 0.3) is 5.57 Å². The van der Waals surface area contributed by atoms with Crippen LogP contribution in [0.2, 0.25) is 0 Å². The SMILES string of the molecule is Cn1nccc1C1=CCN(CC(=O)Nc2cccnn2)CC1. The molecule has 1 aliphatic rings. The van der Waals surface area contributed by atoms with Gasteiger partial charge in [0.15, 0.2) is 5.82 Å². The Hall–Kier alpha value is -2.54. The number of hydrogen-bond donors (Lipinski definition) is 1. The molecule has 0 aromatic carbocycles. The molecule has 1 amide bonds. The molecule has 2 aromatic heterocycles. The second-order valence-corrected chi connectivity index (χ2v) is 5.21. The molecule has 0 atom stereocenters. The first-order chi connectivity index (χ1) is 10.7. The first kappa shape index (κ1) is 14.4. The minimum Gasteiger partial charge on any atom is -0.308 e. The van der Waals surface area contributed by atoms with Crippen molar-refractivity contribution in [2.45, 2.75) is 6.42 Å². The Morgan fingerprint density at radius 1 is 1.36 bits per heavy atom. The van der Waals surface area contributed by atoms with E-state index in [4.69, 9.17) is 0 Å². The Morgan fingerprint density at radius 2 is 2.27 bits per heavy atom. The highest BCUT2D eigenvalue weighted by atomic mass is 16.2. The number of hydrogen-bond acceptors (Lipinski definition) is 5. The fraction of sp³-hybridized carbons (Fsp3) is 0.333. The monoisotopic (exact) mass is 298 g/mol. The number of amides is 1.